The summed E-state index contributed by atoms with van der Waals surface area (Å²) in [4.78, 5) is 4.16. The fourth-order valence-corrected chi connectivity index (χ4v) is 2.26. The van der Waals surface area contributed by atoms with Crippen molar-refractivity contribution < 1.29 is 9.26 Å². The Morgan fingerprint density at radius 3 is 3.22 bits per heavy atom. The lowest BCUT2D eigenvalue weighted by atomic mass is 10.1. The molecular formula is C13H15N3O2. The summed E-state index contributed by atoms with van der Waals surface area (Å²) in [5.74, 6) is 1.45. The number of nitrogens with one attached hydrogen (secondary N) is 1. The molecule has 3 rings (SSSR count). The van der Waals surface area contributed by atoms with E-state index in [9.17, 15) is 0 Å². The fourth-order valence-electron chi connectivity index (χ4n) is 2.26. The molecule has 0 aliphatic carbocycles. The van der Waals surface area contributed by atoms with Gasteiger partial charge < -0.3 is 14.6 Å². The van der Waals surface area contributed by atoms with Crippen molar-refractivity contribution in [1.82, 2.24) is 15.5 Å². The van der Waals surface area contributed by atoms with E-state index in [1.165, 1.54) is 6.42 Å². The van der Waals surface area contributed by atoms with Gasteiger partial charge in [-0.1, -0.05) is 5.16 Å². The molecule has 0 unspecified atom stereocenters. The van der Waals surface area contributed by atoms with Crippen LogP contribution in [0.2, 0.25) is 0 Å². The Hall–Kier alpha value is -1.88. The molecule has 1 saturated heterocycles. The molecular weight excluding hydrogens is 230 g/mol. The Morgan fingerprint density at radius 2 is 2.44 bits per heavy atom. The monoisotopic (exact) mass is 245 g/mol. The first kappa shape index (κ1) is 11.2. The number of nitrogens with zero attached hydrogens (tertiary/aromatic N) is 2. The number of ether oxygens (including phenoxy) is 1. The van der Waals surface area contributed by atoms with E-state index in [1.807, 2.05) is 18.2 Å². The SMILES string of the molecule is COc1ncccc1-c1cc([C@@H]2CCCN2)on1. The standard InChI is InChI=1S/C13H15N3O2/c1-17-13-9(4-2-7-15-13)11-8-12(18-16-11)10-5-3-6-14-10/h2,4,7-8,10,14H,3,5-6H2,1H3/t10-/m0/s1. The molecule has 0 saturated carbocycles. The van der Waals surface area contributed by atoms with Gasteiger partial charge in [0.05, 0.1) is 18.7 Å². The van der Waals surface area contributed by atoms with Crippen LogP contribution < -0.4 is 10.1 Å². The molecule has 3 heterocycles. The predicted molar refractivity (Wildman–Crippen MR) is 66.3 cm³/mol. The van der Waals surface area contributed by atoms with Crippen molar-refractivity contribution in [3.8, 4) is 17.1 Å². The van der Waals surface area contributed by atoms with Gasteiger partial charge in [0.1, 0.15) is 5.69 Å². The molecule has 1 atom stereocenters. The molecule has 5 nitrogen and oxygen atoms in total. The minimum absolute atomic E-state index is 0.286. The number of aromatic nitrogens is 2. The smallest absolute Gasteiger partial charge is 0.222 e. The summed E-state index contributed by atoms with van der Waals surface area (Å²) in [5.41, 5.74) is 1.62. The first-order valence-corrected chi connectivity index (χ1v) is 6.08. The molecule has 1 fully saturated rings. The second-order valence-corrected chi connectivity index (χ2v) is 4.32. The zero-order valence-electron chi connectivity index (χ0n) is 10.2. The summed E-state index contributed by atoms with van der Waals surface area (Å²) in [7, 11) is 1.60. The second-order valence-electron chi connectivity index (χ2n) is 4.32. The maximum atomic E-state index is 5.41. The van der Waals surface area contributed by atoms with E-state index in [0.29, 0.717) is 5.88 Å². The molecule has 1 N–H and O–H groups in total. The third kappa shape index (κ3) is 1.97. The van der Waals surface area contributed by atoms with Gasteiger partial charge in [0.25, 0.3) is 0 Å². The van der Waals surface area contributed by atoms with Gasteiger partial charge in [-0.3, -0.25) is 0 Å². The first-order chi connectivity index (χ1) is 8.88. The van der Waals surface area contributed by atoms with E-state index in [0.717, 1.165) is 30.0 Å². The van der Waals surface area contributed by atoms with E-state index < -0.39 is 0 Å². The third-order valence-corrected chi connectivity index (χ3v) is 3.17. The largest absolute Gasteiger partial charge is 0.481 e. The summed E-state index contributed by atoms with van der Waals surface area (Å²) in [6, 6.07) is 6.03. The normalized spacial score (nSPS) is 19.1. The van der Waals surface area contributed by atoms with Gasteiger partial charge in [0, 0.05) is 12.3 Å². The van der Waals surface area contributed by atoms with Crippen LogP contribution in [0.1, 0.15) is 24.6 Å². The van der Waals surface area contributed by atoms with Crippen LogP contribution in [0.15, 0.2) is 28.9 Å². The lowest BCUT2D eigenvalue weighted by Gasteiger charge is -2.03. The van der Waals surface area contributed by atoms with Crippen molar-refractivity contribution in [1.29, 1.82) is 0 Å². The highest BCUT2D eigenvalue weighted by Crippen LogP contribution is 2.30. The highest BCUT2D eigenvalue weighted by Gasteiger charge is 2.21. The molecule has 1 aliphatic heterocycles. The maximum Gasteiger partial charge on any atom is 0.222 e. The second kappa shape index (κ2) is 4.78. The van der Waals surface area contributed by atoms with E-state index in [2.05, 4.69) is 15.5 Å². The molecule has 0 bridgehead atoms. The van der Waals surface area contributed by atoms with Crippen molar-refractivity contribution in [2.75, 3.05) is 13.7 Å². The lowest BCUT2D eigenvalue weighted by molar-refractivity contribution is 0.352. The highest BCUT2D eigenvalue weighted by atomic mass is 16.5. The van der Waals surface area contributed by atoms with Gasteiger partial charge in [-0.2, -0.15) is 0 Å². The van der Waals surface area contributed by atoms with Crippen LogP contribution in [-0.2, 0) is 0 Å². The third-order valence-electron chi connectivity index (χ3n) is 3.17. The van der Waals surface area contributed by atoms with Crippen LogP contribution in [0, 0.1) is 0 Å². The zero-order valence-corrected chi connectivity index (χ0v) is 10.2. The van der Waals surface area contributed by atoms with Gasteiger partial charge in [-0.05, 0) is 31.5 Å². The van der Waals surface area contributed by atoms with E-state index >= 15 is 0 Å². The van der Waals surface area contributed by atoms with Crippen molar-refractivity contribution >= 4 is 0 Å². The Morgan fingerprint density at radius 1 is 1.50 bits per heavy atom. The van der Waals surface area contributed by atoms with Gasteiger partial charge in [-0.15, -0.1) is 0 Å². The maximum absolute atomic E-state index is 5.41. The summed E-state index contributed by atoms with van der Waals surface area (Å²) >= 11 is 0. The van der Waals surface area contributed by atoms with Crippen LogP contribution in [0.5, 0.6) is 5.88 Å². The Kier molecular flexibility index (Phi) is 2.98. The van der Waals surface area contributed by atoms with E-state index in [-0.39, 0.29) is 6.04 Å². The van der Waals surface area contributed by atoms with Gasteiger partial charge in [0.15, 0.2) is 5.76 Å². The number of hydrogen-bond donors (Lipinski definition) is 1. The molecule has 0 radical (unpaired) electrons. The Bertz CT molecular complexity index is 533. The van der Waals surface area contributed by atoms with Crippen LogP contribution in [-0.4, -0.2) is 23.8 Å². The Labute approximate surface area is 105 Å². The number of methoxy groups -OCH3 is 1. The van der Waals surface area contributed by atoms with E-state index in [1.54, 1.807) is 13.3 Å². The molecule has 0 aromatic carbocycles. The summed E-state index contributed by atoms with van der Waals surface area (Å²) in [6.45, 7) is 1.04. The Balaban J connectivity index is 1.92. The van der Waals surface area contributed by atoms with Crippen LogP contribution >= 0.6 is 0 Å². The molecule has 0 amide bonds. The molecule has 94 valence electrons. The summed E-state index contributed by atoms with van der Waals surface area (Å²) < 4.78 is 10.6. The topological polar surface area (TPSA) is 60.2 Å². The molecule has 2 aromatic heterocycles. The number of hydrogen-bond acceptors (Lipinski definition) is 5. The van der Waals surface area contributed by atoms with Crippen molar-refractivity contribution in [2.45, 2.75) is 18.9 Å². The van der Waals surface area contributed by atoms with Crippen LogP contribution in [0.25, 0.3) is 11.3 Å². The molecule has 5 heteroatoms. The minimum Gasteiger partial charge on any atom is -0.481 e. The molecule has 0 spiro atoms. The van der Waals surface area contributed by atoms with Crippen molar-refractivity contribution in [3.05, 3.63) is 30.2 Å². The number of pyridine rings is 1. The highest BCUT2D eigenvalue weighted by molar-refractivity contribution is 5.64. The minimum atomic E-state index is 0.286. The summed E-state index contributed by atoms with van der Waals surface area (Å²) in [6.07, 6.45) is 3.97. The van der Waals surface area contributed by atoms with Crippen LogP contribution in [0.4, 0.5) is 0 Å². The van der Waals surface area contributed by atoms with Gasteiger partial charge in [-0.25, -0.2) is 4.98 Å². The first-order valence-electron chi connectivity index (χ1n) is 6.08. The average Bonchev–Trinajstić information content (AvgIpc) is 3.09. The average molecular weight is 245 g/mol. The predicted octanol–water partition coefficient (Wildman–Crippen LogP) is 2.17. The van der Waals surface area contributed by atoms with Crippen LogP contribution in [0.3, 0.4) is 0 Å². The molecule has 2 aromatic rings. The van der Waals surface area contributed by atoms with Crippen molar-refractivity contribution in [2.24, 2.45) is 0 Å². The summed E-state index contributed by atoms with van der Waals surface area (Å²) in [5, 5.41) is 7.49. The van der Waals surface area contributed by atoms with E-state index in [4.69, 9.17) is 9.26 Å². The molecule has 18 heavy (non-hydrogen) atoms. The zero-order chi connectivity index (χ0) is 12.4. The number of rotatable bonds is 3. The van der Waals surface area contributed by atoms with Crippen molar-refractivity contribution in [3.63, 3.8) is 0 Å². The quantitative estimate of drug-likeness (QED) is 0.898. The van der Waals surface area contributed by atoms with Gasteiger partial charge in [0.2, 0.25) is 5.88 Å². The molecule has 1 aliphatic rings. The van der Waals surface area contributed by atoms with Gasteiger partial charge >= 0.3 is 0 Å². The lowest BCUT2D eigenvalue weighted by Crippen LogP contribution is -2.11. The fraction of sp³-hybridized carbons (Fsp3) is 0.385.